The van der Waals surface area contributed by atoms with Gasteiger partial charge in [-0.15, -0.1) is 0 Å². The monoisotopic (exact) mass is 283 g/mol. The number of rotatable bonds is 3. The fourth-order valence-corrected chi connectivity index (χ4v) is 3.16. The molecule has 6 heteroatoms. The number of sulfonamides is 1. The maximum Gasteiger partial charge on any atom is 0.238 e. The van der Waals surface area contributed by atoms with Gasteiger partial charge in [-0.1, -0.05) is 6.92 Å². The van der Waals surface area contributed by atoms with Crippen molar-refractivity contribution in [1.82, 2.24) is 0 Å². The van der Waals surface area contributed by atoms with Gasteiger partial charge in [-0.25, -0.2) is 13.6 Å². The molecule has 0 aromatic heterocycles. The second kappa shape index (κ2) is 5.48. The summed E-state index contributed by atoms with van der Waals surface area (Å²) in [7, 11) is -3.62. The Kier molecular flexibility index (Phi) is 4.13. The third-order valence-electron chi connectivity index (χ3n) is 3.75. The summed E-state index contributed by atoms with van der Waals surface area (Å²) in [5.74, 6) is 0.688. The number of primary sulfonamides is 1. The van der Waals surface area contributed by atoms with Gasteiger partial charge in [-0.05, 0) is 43.0 Å². The molecule has 1 fully saturated rings. The highest BCUT2D eigenvalue weighted by atomic mass is 32.2. The van der Waals surface area contributed by atoms with Gasteiger partial charge in [0.25, 0.3) is 0 Å². The van der Waals surface area contributed by atoms with Crippen molar-refractivity contribution in [2.45, 2.75) is 30.7 Å². The highest BCUT2D eigenvalue weighted by Gasteiger charge is 2.25. The summed E-state index contributed by atoms with van der Waals surface area (Å²) in [4.78, 5) is 2.40. The fraction of sp³-hybridized carbons (Fsp3) is 0.538. The van der Waals surface area contributed by atoms with Crippen LogP contribution in [0.1, 0.15) is 19.8 Å². The molecule has 19 heavy (non-hydrogen) atoms. The Balaban J connectivity index is 2.22. The summed E-state index contributed by atoms with van der Waals surface area (Å²) >= 11 is 0. The molecule has 2 rings (SSSR count). The molecule has 106 valence electrons. The van der Waals surface area contributed by atoms with Crippen molar-refractivity contribution in [3.63, 3.8) is 0 Å². The third-order valence-corrected chi connectivity index (χ3v) is 4.68. The summed E-state index contributed by atoms with van der Waals surface area (Å²) in [6.45, 7) is 3.81. The van der Waals surface area contributed by atoms with Crippen LogP contribution in [0.4, 0.5) is 5.69 Å². The van der Waals surface area contributed by atoms with E-state index in [4.69, 9.17) is 10.9 Å². The number of piperidine rings is 1. The molecule has 1 aromatic carbocycles. The van der Waals surface area contributed by atoms with Gasteiger partial charge in [-0.3, -0.25) is 0 Å². The molecule has 1 aromatic rings. The van der Waals surface area contributed by atoms with Crippen molar-refractivity contribution in [2.75, 3.05) is 18.0 Å². The summed E-state index contributed by atoms with van der Waals surface area (Å²) < 4.78 is 22.5. The SMILES string of the molecule is CC1CCN(c2ccc(S(N)(=O)=O)cc2)C(CN)C1. The first-order valence-electron chi connectivity index (χ1n) is 6.51. The van der Waals surface area contributed by atoms with E-state index in [0.29, 0.717) is 18.5 Å². The Morgan fingerprint density at radius 2 is 1.95 bits per heavy atom. The van der Waals surface area contributed by atoms with E-state index >= 15 is 0 Å². The zero-order chi connectivity index (χ0) is 14.0. The highest BCUT2D eigenvalue weighted by Crippen LogP contribution is 2.28. The Morgan fingerprint density at radius 3 is 2.47 bits per heavy atom. The smallest absolute Gasteiger partial charge is 0.238 e. The predicted octanol–water partition coefficient (Wildman–Crippen LogP) is 0.898. The van der Waals surface area contributed by atoms with E-state index < -0.39 is 10.0 Å². The second-order valence-corrected chi connectivity index (χ2v) is 6.81. The molecule has 0 bridgehead atoms. The molecule has 2 unspecified atom stereocenters. The Hall–Kier alpha value is -1.11. The van der Waals surface area contributed by atoms with Crippen LogP contribution in [0.15, 0.2) is 29.2 Å². The lowest BCUT2D eigenvalue weighted by Gasteiger charge is -2.39. The van der Waals surface area contributed by atoms with Crippen LogP contribution in [0.2, 0.25) is 0 Å². The van der Waals surface area contributed by atoms with E-state index in [9.17, 15) is 8.42 Å². The number of benzene rings is 1. The first-order chi connectivity index (χ1) is 8.91. The fourth-order valence-electron chi connectivity index (χ4n) is 2.64. The first kappa shape index (κ1) is 14.3. The topological polar surface area (TPSA) is 89.4 Å². The third kappa shape index (κ3) is 3.26. The quantitative estimate of drug-likeness (QED) is 0.862. The number of nitrogens with zero attached hydrogens (tertiary/aromatic N) is 1. The van der Waals surface area contributed by atoms with Crippen LogP contribution in [0.5, 0.6) is 0 Å². The van der Waals surface area contributed by atoms with Crippen LogP contribution in [-0.4, -0.2) is 27.5 Å². The highest BCUT2D eigenvalue weighted by molar-refractivity contribution is 7.89. The summed E-state index contributed by atoms with van der Waals surface area (Å²) in [5.41, 5.74) is 6.84. The lowest BCUT2D eigenvalue weighted by molar-refractivity contribution is 0.367. The standard InChI is InChI=1S/C13H21N3O2S/c1-10-6-7-16(12(8-10)9-14)11-2-4-13(5-3-11)19(15,17)18/h2-5,10,12H,6-9,14H2,1H3,(H2,15,17,18). The van der Waals surface area contributed by atoms with Crippen molar-refractivity contribution in [1.29, 1.82) is 0 Å². The molecule has 0 amide bonds. The van der Waals surface area contributed by atoms with Gasteiger partial charge in [0.2, 0.25) is 10.0 Å². The van der Waals surface area contributed by atoms with Crippen LogP contribution < -0.4 is 15.8 Å². The average Bonchev–Trinajstić information content (AvgIpc) is 2.37. The molecule has 5 nitrogen and oxygen atoms in total. The molecule has 0 radical (unpaired) electrons. The molecule has 2 atom stereocenters. The minimum absolute atomic E-state index is 0.144. The van der Waals surface area contributed by atoms with Crippen molar-refractivity contribution in [2.24, 2.45) is 16.8 Å². The van der Waals surface area contributed by atoms with Gasteiger partial charge in [0.05, 0.1) is 4.90 Å². The van der Waals surface area contributed by atoms with E-state index in [2.05, 4.69) is 11.8 Å². The van der Waals surface area contributed by atoms with Crippen molar-refractivity contribution in [3.05, 3.63) is 24.3 Å². The van der Waals surface area contributed by atoms with Crippen molar-refractivity contribution < 1.29 is 8.42 Å². The zero-order valence-corrected chi connectivity index (χ0v) is 11.9. The van der Waals surface area contributed by atoms with E-state index in [-0.39, 0.29) is 4.90 Å². The zero-order valence-electron chi connectivity index (χ0n) is 11.1. The van der Waals surface area contributed by atoms with E-state index in [0.717, 1.165) is 25.1 Å². The minimum Gasteiger partial charge on any atom is -0.367 e. The van der Waals surface area contributed by atoms with E-state index in [1.54, 1.807) is 24.3 Å². The van der Waals surface area contributed by atoms with Crippen LogP contribution >= 0.6 is 0 Å². The van der Waals surface area contributed by atoms with Crippen LogP contribution in [0, 0.1) is 5.92 Å². The molecule has 1 aliphatic rings. The van der Waals surface area contributed by atoms with Crippen LogP contribution in [-0.2, 0) is 10.0 Å². The lowest BCUT2D eigenvalue weighted by atomic mass is 9.92. The number of anilines is 1. The van der Waals surface area contributed by atoms with Crippen molar-refractivity contribution in [3.8, 4) is 0 Å². The molecule has 0 aliphatic carbocycles. The molecule has 1 heterocycles. The van der Waals surface area contributed by atoms with Crippen molar-refractivity contribution >= 4 is 15.7 Å². The Morgan fingerprint density at radius 1 is 1.32 bits per heavy atom. The maximum absolute atomic E-state index is 11.2. The summed E-state index contributed by atoms with van der Waals surface area (Å²) in [6, 6.07) is 7.03. The normalized spacial score (nSPS) is 24.5. The molecular formula is C13H21N3O2S. The van der Waals surface area contributed by atoms with E-state index in [1.165, 1.54) is 0 Å². The predicted molar refractivity (Wildman–Crippen MR) is 76.4 cm³/mol. The molecule has 1 saturated heterocycles. The molecule has 4 N–H and O–H groups in total. The lowest BCUT2D eigenvalue weighted by Crippen LogP contribution is -2.46. The van der Waals surface area contributed by atoms with Crippen LogP contribution in [0.25, 0.3) is 0 Å². The largest absolute Gasteiger partial charge is 0.367 e. The average molecular weight is 283 g/mol. The number of nitrogens with two attached hydrogens (primary N) is 2. The molecular weight excluding hydrogens is 262 g/mol. The van der Waals surface area contributed by atoms with Gasteiger partial charge in [-0.2, -0.15) is 0 Å². The minimum atomic E-state index is -3.62. The van der Waals surface area contributed by atoms with Gasteiger partial charge in [0.15, 0.2) is 0 Å². The van der Waals surface area contributed by atoms with Gasteiger partial charge in [0, 0.05) is 24.8 Å². The molecule has 1 aliphatic heterocycles. The van der Waals surface area contributed by atoms with Crippen LogP contribution in [0.3, 0.4) is 0 Å². The Bertz CT molecular complexity index is 527. The number of hydrogen-bond donors (Lipinski definition) is 2. The molecule has 0 saturated carbocycles. The first-order valence-corrected chi connectivity index (χ1v) is 8.06. The van der Waals surface area contributed by atoms with Gasteiger partial charge >= 0.3 is 0 Å². The maximum atomic E-state index is 11.2. The summed E-state index contributed by atoms with van der Waals surface area (Å²) in [6.07, 6.45) is 2.21. The van der Waals surface area contributed by atoms with Gasteiger partial charge < -0.3 is 10.6 Å². The summed E-state index contributed by atoms with van der Waals surface area (Å²) in [5, 5.41) is 5.10. The van der Waals surface area contributed by atoms with Gasteiger partial charge in [0.1, 0.15) is 0 Å². The number of hydrogen-bond acceptors (Lipinski definition) is 4. The van der Waals surface area contributed by atoms with E-state index in [1.807, 2.05) is 0 Å². The second-order valence-electron chi connectivity index (χ2n) is 5.25. The molecule has 0 spiro atoms. The Labute approximate surface area is 114 Å².